The van der Waals surface area contributed by atoms with Crippen molar-refractivity contribution in [3.05, 3.63) is 12.1 Å². The van der Waals surface area contributed by atoms with Crippen LogP contribution in [0.5, 0.6) is 5.88 Å². The maximum absolute atomic E-state index is 7.36. The van der Waals surface area contributed by atoms with Crippen LogP contribution in [0.25, 0.3) is 0 Å². The monoisotopic (exact) mass is 176 g/mol. The highest BCUT2D eigenvalue weighted by Gasteiger charge is 2.12. The highest BCUT2D eigenvalue weighted by molar-refractivity contribution is 5.27. The minimum atomic E-state index is -3.47. The lowest BCUT2D eigenvalue weighted by Gasteiger charge is -2.19. The molecule has 0 saturated heterocycles. The van der Waals surface area contributed by atoms with Crippen LogP contribution in [0.15, 0.2) is 12.1 Å². The Kier molecular flexibility index (Phi) is 0.639. The fourth-order valence-corrected chi connectivity index (χ4v) is 0.542. The third-order valence-electron chi connectivity index (χ3n) is 0.918. The summed E-state index contributed by atoms with van der Waals surface area (Å²) in [5, 5.41) is 6.72. The van der Waals surface area contributed by atoms with Gasteiger partial charge in [0, 0.05) is 18.4 Å². The molecule has 0 saturated carbocycles. The molecule has 1 aromatic rings. The van der Waals surface area contributed by atoms with Crippen LogP contribution >= 0.6 is 0 Å². The Morgan fingerprint density at radius 1 is 1.42 bits per heavy atom. The van der Waals surface area contributed by atoms with Gasteiger partial charge in [0.15, 0.2) is 0 Å². The van der Waals surface area contributed by atoms with E-state index in [1.807, 2.05) is 0 Å². The molecule has 1 rings (SSSR count). The summed E-state index contributed by atoms with van der Waals surface area (Å²) in [5.41, 5.74) is 1.85. The van der Waals surface area contributed by atoms with E-state index in [9.17, 15) is 0 Å². The summed E-state index contributed by atoms with van der Waals surface area (Å²) in [7, 11) is 0. The molecule has 1 heterocycles. The molecule has 1 aromatic heterocycles. The molecule has 0 aliphatic heterocycles. The van der Waals surface area contributed by atoms with E-state index in [-0.39, 0.29) is 5.82 Å². The zero-order chi connectivity index (χ0) is 16.7. The van der Waals surface area contributed by atoms with Crippen molar-refractivity contribution < 1.29 is 17.1 Å². The predicted octanol–water partition coefficient (Wildman–Crippen LogP) is 1.24. The molecule has 0 unspecified atom stereocenters. The van der Waals surface area contributed by atoms with Crippen molar-refractivity contribution >= 4 is 5.82 Å². The molecule has 0 aliphatic rings. The van der Waals surface area contributed by atoms with E-state index in [0.717, 1.165) is 6.07 Å². The van der Waals surface area contributed by atoms with Gasteiger partial charge in [0.1, 0.15) is 11.4 Å². The third-order valence-corrected chi connectivity index (χ3v) is 0.918. The quantitative estimate of drug-likeness (QED) is 0.699. The minimum absolute atomic E-state index is 0.0235. The first-order valence-electron chi connectivity index (χ1n) is 7.50. The van der Waals surface area contributed by atoms with E-state index in [1.54, 1.807) is 0 Å². The van der Waals surface area contributed by atoms with Gasteiger partial charge in [-0.1, -0.05) is 0 Å². The summed E-state index contributed by atoms with van der Waals surface area (Å²) in [5.74, 6) is -0.586. The highest BCUT2D eigenvalue weighted by Crippen LogP contribution is 2.13. The number of nitrogen functional groups attached to an aromatic ring is 1. The van der Waals surface area contributed by atoms with Gasteiger partial charge in [0.2, 0.25) is 5.88 Å². The average molecular weight is 176 g/mol. The summed E-state index contributed by atoms with van der Waals surface area (Å²) in [6.07, 6.45) is 0. The molecule has 0 aliphatic carbocycles. The Bertz CT molecular complexity index is 454. The van der Waals surface area contributed by atoms with Gasteiger partial charge >= 0.3 is 0 Å². The lowest BCUT2D eigenvalue weighted by Crippen LogP contribution is -2.23. The minimum Gasteiger partial charge on any atom is -0.471 e. The van der Waals surface area contributed by atoms with Crippen molar-refractivity contribution in [1.82, 2.24) is 10.2 Å². The van der Waals surface area contributed by atoms with Gasteiger partial charge in [-0.25, -0.2) is 0 Å². The molecule has 4 nitrogen and oxygen atoms in total. The second-order valence-electron chi connectivity index (χ2n) is 2.08. The van der Waals surface area contributed by atoms with Crippen molar-refractivity contribution in [2.24, 2.45) is 0 Å². The SMILES string of the molecule is [2H]C([2H])([2H])C(Oc1ccc(N)nn1)(C([2H])([2H])[2H])C([2H])([2H])[2H]. The van der Waals surface area contributed by atoms with Gasteiger partial charge in [-0.3, -0.25) is 0 Å². The van der Waals surface area contributed by atoms with Crippen LogP contribution in [0, 0.1) is 0 Å². The molecule has 0 bridgehead atoms. The molecule has 0 atom stereocenters. The van der Waals surface area contributed by atoms with E-state index in [2.05, 4.69) is 10.2 Å². The number of nitrogens with two attached hydrogens (primary N) is 1. The summed E-state index contributed by atoms with van der Waals surface area (Å²) < 4.78 is 71.0. The van der Waals surface area contributed by atoms with E-state index >= 15 is 0 Å². The van der Waals surface area contributed by atoms with Gasteiger partial charge in [-0.05, 0) is 26.6 Å². The predicted molar refractivity (Wildman–Crippen MR) is 46.8 cm³/mol. The lowest BCUT2D eigenvalue weighted by molar-refractivity contribution is 0.122. The second kappa shape index (κ2) is 2.97. The topological polar surface area (TPSA) is 61.0 Å². The molecular weight excluding hydrogens is 154 g/mol. The second-order valence-corrected chi connectivity index (χ2v) is 2.08. The number of hydrogen-bond acceptors (Lipinski definition) is 4. The fourth-order valence-electron chi connectivity index (χ4n) is 0.542. The largest absolute Gasteiger partial charge is 0.471 e. The summed E-state index contributed by atoms with van der Waals surface area (Å²) in [4.78, 5) is 0. The first kappa shape index (κ1) is 2.58. The molecule has 0 fully saturated rings. The van der Waals surface area contributed by atoms with Crippen molar-refractivity contribution in [2.45, 2.75) is 26.2 Å². The zero-order valence-electron chi connectivity index (χ0n) is 15.0. The summed E-state index contributed by atoms with van der Waals surface area (Å²) in [6.45, 7) is -10.4. The Labute approximate surface area is 84.4 Å². The van der Waals surface area contributed by atoms with Crippen LogP contribution in [0.3, 0.4) is 0 Å². The smallest absolute Gasteiger partial charge is 0.234 e. The number of anilines is 1. The Balaban J connectivity index is 3.47. The first-order chi connectivity index (χ1) is 9.22. The number of hydrogen-bond donors (Lipinski definition) is 1. The third kappa shape index (κ3) is 2.74. The van der Waals surface area contributed by atoms with Crippen LogP contribution in [-0.2, 0) is 0 Å². The zero-order valence-corrected chi connectivity index (χ0v) is 6.03. The van der Waals surface area contributed by atoms with E-state index in [4.69, 9.17) is 22.8 Å². The van der Waals surface area contributed by atoms with Crippen molar-refractivity contribution in [3.8, 4) is 5.88 Å². The van der Waals surface area contributed by atoms with Crippen LogP contribution < -0.4 is 10.5 Å². The Morgan fingerprint density at radius 2 is 2.17 bits per heavy atom. The Hall–Kier alpha value is -1.32. The molecular formula is C8H13N3O. The van der Waals surface area contributed by atoms with E-state index < -0.39 is 32.0 Å². The van der Waals surface area contributed by atoms with Crippen molar-refractivity contribution in [2.75, 3.05) is 5.73 Å². The van der Waals surface area contributed by atoms with Gasteiger partial charge in [0.05, 0.1) is 0 Å². The van der Waals surface area contributed by atoms with Crippen LogP contribution in [0.2, 0.25) is 0 Å². The molecule has 2 N–H and O–H groups in total. The molecule has 0 aromatic carbocycles. The lowest BCUT2D eigenvalue weighted by atomic mass is 10.2. The first-order valence-corrected chi connectivity index (χ1v) is 3.00. The standard InChI is InChI=1S/C8H13N3O/c1-8(2,3)12-7-5-4-6(9)10-11-7/h4-5H,1-3H3,(H2,9,10)/i1D3,2D3,3D3. The van der Waals surface area contributed by atoms with Gasteiger partial charge in [-0.15, -0.1) is 10.2 Å². The number of aromatic nitrogens is 2. The van der Waals surface area contributed by atoms with Crippen LogP contribution in [-0.4, -0.2) is 15.8 Å². The van der Waals surface area contributed by atoms with E-state index in [1.165, 1.54) is 6.07 Å². The molecule has 66 valence electrons. The normalized spacial score (nSPS) is 25.5. The Morgan fingerprint density at radius 3 is 2.67 bits per heavy atom. The summed E-state index contributed by atoms with van der Waals surface area (Å²) >= 11 is 0. The van der Waals surface area contributed by atoms with Gasteiger partial charge in [-0.2, -0.15) is 0 Å². The maximum Gasteiger partial charge on any atom is 0.234 e. The molecule has 4 heteroatoms. The number of rotatable bonds is 1. The van der Waals surface area contributed by atoms with Crippen LogP contribution in [0.4, 0.5) is 5.82 Å². The number of ether oxygens (including phenoxy) is 1. The average Bonchev–Trinajstić information content (AvgIpc) is 2.22. The number of nitrogens with zero attached hydrogens (tertiary/aromatic N) is 2. The summed E-state index contributed by atoms with van der Waals surface area (Å²) in [6, 6.07) is 2.21. The molecule has 0 radical (unpaired) electrons. The van der Waals surface area contributed by atoms with Gasteiger partial charge in [0.25, 0.3) is 0 Å². The van der Waals surface area contributed by atoms with Crippen LogP contribution in [0.1, 0.15) is 32.9 Å². The molecule has 0 amide bonds. The molecule has 12 heavy (non-hydrogen) atoms. The fraction of sp³-hybridized carbons (Fsp3) is 0.500. The van der Waals surface area contributed by atoms with Gasteiger partial charge < -0.3 is 10.5 Å². The van der Waals surface area contributed by atoms with Crippen molar-refractivity contribution in [1.29, 1.82) is 0 Å². The highest BCUT2D eigenvalue weighted by atomic mass is 16.5. The maximum atomic E-state index is 7.36. The van der Waals surface area contributed by atoms with E-state index in [0.29, 0.717) is 0 Å². The van der Waals surface area contributed by atoms with Crippen molar-refractivity contribution in [3.63, 3.8) is 0 Å². The molecule has 0 spiro atoms.